The molecule has 5 rings (SSSR count). The van der Waals surface area contributed by atoms with E-state index in [9.17, 15) is 40.2 Å². The Hall–Kier alpha value is -2.34. The lowest BCUT2D eigenvalue weighted by molar-refractivity contribution is -0.145. The van der Waals surface area contributed by atoms with Gasteiger partial charge in [-0.05, 0) is 28.8 Å². The van der Waals surface area contributed by atoms with Crippen LogP contribution in [-0.2, 0) is 10.4 Å². The first kappa shape index (κ1) is 23.4. The number of hydrogen-bond acceptors (Lipinski definition) is 9. The molecule has 180 valence electrons. The van der Waals surface area contributed by atoms with Crippen LogP contribution >= 0.6 is 23.4 Å². The Kier molecular flexibility index (Phi) is 5.40. The number of carboxylic acids is 1. The van der Waals surface area contributed by atoms with Crippen molar-refractivity contribution in [3.8, 4) is 22.6 Å². The van der Waals surface area contributed by atoms with Crippen LogP contribution in [0.4, 0.5) is 0 Å². The molecule has 0 fully saturated rings. The molecular weight excluding hydrogens is 488 g/mol. The van der Waals surface area contributed by atoms with Crippen molar-refractivity contribution in [2.75, 3.05) is 5.75 Å². The molecule has 7 atom stereocenters. The molecule has 0 spiro atoms. The van der Waals surface area contributed by atoms with Crippen LogP contribution in [0.3, 0.4) is 0 Å². The monoisotopic (exact) mass is 508 g/mol. The first-order valence-corrected chi connectivity index (χ1v) is 12.0. The Morgan fingerprint density at radius 2 is 1.76 bits per heavy atom. The average Bonchev–Trinajstić information content (AvgIpc) is 2.78. The van der Waals surface area contributed by atoms with Gasteiger partial charge in [0.25, 0.3) is 0 Å². The fraction of sp³-hybridized carbons (Fsp3) is 0.391. The summed E-state index contributed by atoms with van der Waals surface area (Å²) in [6.45, 7) is 0. The van der Waals surface area contributed by atoms with E-state index in [0.29, 0.717) is 16.7 Å². The Labute approximate surface area is 202 Å². The van der Waals surface area contributed by atoms with Gasteiger partial charge in [0.15, 0.2) is 11.9 Å². The minimum Gasteiger partial charge on any atom is -0.508 e. The molecule has 2 aromatic carbocycles. The van der Waals surface area contributed by atoms with Crippen LogP contribution in [0.25, 0.3) is 11.1 Å². The third-order valence-electron chi connectivity index (χ3n) is 7.07. The molecular formula is C23H21ClO9S. The lowest BCUT2D eigenvalue weighted by atomic mass is 9.57. The number of carboxylic acid groups (broad SMARTS) is 1. The second-order valence-electron chi connectivity index (χ2n) is 8.83. The van der Waals surface area contributed by atoms with Crippen molar-refractivity contribution in [2.24, 2.45) is 0 Å². The number of thioether (sulfide) groups is 1. The molecule has 7 N–H and O–H groups in total. The van der Waals surface area contributed by atoms with E-state index in [-0.39, 0.29) is 40.4 Å². The summed E-state index contributed by atoms with van der Waals surface area (Å²) < 4.78 is 0. The quantitative estimate of drug-likeness (QED) is 0.297. The zero-order valence-electron chi connectivity index (χ0n) is 17.4. The van der Waals surface area contributed by atoms with Crippen LogP contribution in [0.5, 0.6) is 11.5 Å². The van der Waals surface area contributed by atoms with Gasteiger partial charge in [0, 0.05) is 34.5 Å². The van der Waals surface area contributed by atoms with Crippen LogP contribution in [-0.4, -0.2) is 76.1 Å². The number of ketones is 1. The number of alkyl halides is 1. The molecule has 0 radical (unpaired) electrons. The van der Waals surface area contributed by atoms with Gasteiger partial charge in [0.1, 0.15) is 29.3 Å². The zero-order valence-corrected chi connectivity index (χ0v) is 19.0. The van der Waals surface area contributed by atoms with E-state index in [4.69, 9.17) is 16.7 Å². The average molecular weight is 509 g/mol. The van der Waals surface area contributed by atoms with Gasteiger partial charge < -0.3 is 35.7 Å². The van der Waals surface area contributed by atoms with Gasteiger partial charge in [0.05, 0.1) is 10.9 Å². The molecule has 0 saturated carbocycles. The number of phenolic OH excluding ortho intramolecular Hbond substituents is 2. The zero-order chi connectivity index (χ0) is 24.7. The van der Waals surface area contributed by atoms with Crippen molar-refractivity contribution >= 4 is 35.1 Å². The summed E-state index contributed by atoms with van der Waals surface area (Å²) in [6.07, 6.45) is -5.19. The topological polar surface area (TPSA) is 176 Å². The number of aromatic hydroxyl groups is 2. The number of rotatable bonds is 4. The largest absolute Gasteiger partial charge is 0.508 e. The Bertz CT molecular complexity index is 1230. The number of carbonyl (C=O) groups is 2. The predicted molar refractivity (Wildman–Crippen MR) is 121 cm³/mol. The van der Waals surface area contributed by atoms with Crippen LogP contribution in [0.1, 0.15) is 45.5 Å². The number of benzene rings is 2. The molecule has 0 amide bonds. The molecule has 0 aliphatic heterocycles. The SMILES string of the molecule is O=C1C[C@H](SCC(O)C(=O)O)[C@@]2(O)c3c(ccc(O)c31)-c1ccc(O)c3c1[C@@H]2[C@@H](Cl)[C@H](O)[C@@H]3O. The van der Waals surface area contributed by atoms with Crippen LogP contribution in [0.2, 0.25) is 0 Å². The number of Topliss-reactive ketones (excluding diaryl/α,β-unsaturated/α-hetero) is 1. The van der Waals surface area contributed by atoms with E-state index in [1.165, 1.54) is 18.2 Å². The lowest BCUT2D eigenvalue weighted by Crippen LogP contribution is -2.57. The van der Waals surface area contributed by atoms with Crippen molar-refractivity contribution in [3.63, 3.8) is 0 Å². The summed E-state index contributed by atoms with van der Waals surface area (Å²) in [7, 11) is 0. The molecule has 9 nitrogen and oxygen atoms in total. The summed E-state index contributed by atoms with van der Waals surface area (Å²) in [6, 6.07) is 5.71. The summed E-state index contributed by atoms with van der Waals surface area (Å²) in [4.78, 5) is 24.2. The van der Waals surface area contributed by atoms with Crippen LogP contribution < -0.4 is 0 Å². The third-order valence-corrected chi connectivity index (χ3v) is 9.01. The molecule has 34 heavy (non-hydrogen) atoms. The minimum absolute atomic E-state index is 0.00632. The number of hydrogen-bond donors (Lipinski definition) is 7. The molecule has 0 heterocycles. The van der Waals surface area contributed by atoms with Gasteiger partial charge in [-0.2, -0.15) is 11.8 Å². The molecule has 3 aliphatic rings. The third kappa shape index (κ3) is 2.96. The Balaban J connectivity index is 1.82. The van der Waals surface area contributed by atoms with E-state index in [2.05, 4.69) is 0 Å². The number of aliphatic hydroxyl groups is 4. The number of aliphatic carboxylic acids is 1. The van der Waals surface area contributed by atoms with Crippen molar-refractivity contribution in [3.05, 3.63) is 46.5 Å². The maximum Gasteiger partial charge on any atom is 0.333 e. The molecule has 11 heteroatoms. The normalized spacial score (nSPS) is 32.0. The number of carbonyl (C=O) groups excluding carboxylic acids is 1. The Morgan fingerprint density at radius 1 is 1.12 bits per heavy atom. The second kappa shape index (κ2) is 7.84. The number of aliphatic hydroxyl groups excluding tert-OH is 3. The molecule has 0 saturated heterocycles. The number of halogens is 1. The van der Waals surface area contributed by atoms with E-state index in [1.807, 2.05) is 0 Å². The minimum atomic E-state index is -2.01. The van der Waals surface area contributed by atoms with Gasteiger partial charge in [-0.15, -0.1) is 11.6 Å². The first-order chi connectivity index (χ1) is 16.0. The number of phenols is 2. The van der Waals surface area contributed by atoms with Gasteiger partial charge in [-0.25, -0.2) is 4.79 Å². The van der Waals surface area contributed by atoms with Crippen molar-refractivity contribution in [1.29, 1.82) is 0 Å². The Morgan fingerprint density at radius 3 is 2.44 bits per heavy atom. The van der Waals surface area contributed by atoms with Crippen LogP contribution in [0.15, 0.2) is 24.3 Å². The first-order valence-electron chi connectivity index (χ1n) is 10.5. The highest BCUT2D eigenvalue weighted by Gasteiger charge is 2.62. The fourth-order valence-corrected chi connectivity index (χ4v) is 7.39. The predicted octanol–water partition coefficient (Wildman–Crippen LogP) is 1.20. The highest BCUT2D eigenvalue weighted by Crippen LogP contribution is 2.64. The maximum atomic E-state index is 13.1. The van der Waals surface area contributed by atoms with E-state index < -0.39 is 52.2 Å². The van der Waals surface area contributed by atoms with Gasteiger partial charge in [0.2, 0.25) is 0 Å². The maximum absolute atomic E-state index is 13.1. The van der Waals surface area contributed by atoms with Crippen LogP contribution in [0, 0.1) is 0 Å². The van der Waals surface area contributed by atoms with E-state index in [0.717, 1.165) is 11.8 Å². The van der Waals surface area contributed by atoms with Gasteiger partial charge >= 0.3 is 5.97 Å². The summed E-state index contributed by atoms with van der Waals surface area (Å²) in [5, 5.41) is 71.5. The van der Waals surface area contributed by atoms with E-state index >= 15 is 0 Å². The molecule has 3 aliphatic carbocycles. The molecule has 2 aromatic rings. The van der Waals surface area contributed by atoms with Gasteiger partial charge in [-0.1, -0.05) is 12.1 Å². The lowest BCUT2D eigenvalue weighted by Gasteiger charge is -2.54. The van der Waals surface area contributed by atoms with E-state index in [1.54, 1.807) is 6.07 Å². The summed E-state index contributed by atoms with van der Waals surface area (Å²) >= 11 is 7.49. The number of fused-ring (bicyclic) bond motifs is 2. The highest BCUT2D eigenvalue weighted by atomic mass is 35.5. The highest BCUT2D eigenvalue weighted by molar-refractivity contribution is 8.00. The van der Waals surface area contributed by atoms with Crippen molar-refractivity contribution < 1.29 is 45.3 Å². The second-order valence-corrected chi connectivity index (χ2v) is 10.6. The van der Waals surface area contributed by atoms with Crippen molar-refractivity contribution in [2.45, 2.75) is 46.9 Å². The standard InChI is InChI=1S/C23H21ClO9S/c24-19-18-14-7(1-3-10(26)16(14)20(29)21(19)30)8-2-4-9(25)15-11(27)5-13(23(18,33)17(8)15)34-6-12(28)22(31)32/h1-4,12-13,18-21,25-26,28-30,33H,5-6H2,(H,31,32)/t12?,13-,18+,19+,20+,21-,23+/m0/s1. The summed E-state index contributed by atoms with van der Waals surface area (Å²) in [5.41, 5.74) is -0.847. The smallest absolute Gasteiger partial charge is 0.333 e. The molecule has 0 aromatic heterocycles. The fourth-order valence-electron chi connectivity index (χ4n) is 5.59. The van der Waals surface area contributed by atoms with Gasteiger partial charge in [-0.3, -0.25) is 4.79 Å². The molecule has 1 unspecified atom stereocenters. The summed E-state index contributed by atoms with van der Waals surface area (Å²) in [5.74, 6) is -4.07. The molecule has 0 bridgehead atoms. The van der Waals surface area contributed by atoms with Crippen molar-refractivity contribution in [1.82, 2.24) is 0 Å².